The maximum absolute atomic E-state index is 12.4. The van der Waals surface area contributed by atoms with Gasteiger partial charge in [-0.2, -0.15) is 0 Å². The number of thiazole rings is 1. The highest BCUT2D eigenvalue weighted by Crippen LogP contribution is 2.28. The maximum Gasteiger partial charge on any atom is 0.236 e. The number of hydrogen-bond donors (Lipinski definition) is 1. The Bertz CT molecular complexity index is 1140. The van der Waals surface area contributed by atoms with E-state index in [2.05, 4.69) is 34.6 Å². The van der Waals surface area contributed by atoms with E-state index < -0.39 is 0 Å². The summed E-state index contributed by atoms with van der Waals surface area (Å²) in [5.74, 6) is 0.231. The molecule has 1 N–H and O–H groups in total. The lowest BCUT2D eigenvalue weighted by Gasteiger charge is -2.11. The third-order valence-corrected chi connectivity index (χ3v) is 6.64. The topological polar surface area (TPSA) is 54.9 Å². The predicted molar refractivity (Wildman–Crippen MR) is 122 cm³/mol. The van der Waals surface area contributed by atoms with E-state index in [0.717, 1.165) is 38.5 Å². The molecule has 0 atom stereocenters. The van der Waals surface area contributed by atoms with Crippen molar-refractivity contribution in [1.29, 1.82) is 0 Å². The van der Waals surface area contributed by atoms with Crippen molar-refractivity contribution in [3.63, 3.8) is 0 Å². The van der Waals surface area contributed by atoms with Crippen molar-refractivity contribution in [2.24, 2.45) is 0 Å². The van der Waals surface area contributed by atoms with Crippen LogP contribution in [0.1, 0.15) is 21.7 Å². The Morgan fingerprint density at radius 2 is 1.79 bits per heavy atom. The zero-order valence-corrected chi connectivity index (χ0v) is 17.9. The van der Waals surface area contributed by atoms with E-state index in [1.807, 2.05) is 50.2 Å². The molecule has 4 nitrogen and oxygen atoms in total. The lowest BCUT2D eigenvalue weighted by atomic mass is 10.0. The number of thioether (sulfide) groups is 1. The van der Waals surface area contributed by atoms with Gasteiger partial charge in [0.15, 0.2) is 5.13 Å². The summed E-state index contributed by atoms with van der Waals surface area (Å²) in [5, 5.41) is 5.56. The molecule has 4 aromatic rings. The number of fused-ring (bicyclic) bond motifs is 1. The Kier molecular flexibility index (Phi) is 5.92. The number of nitrogens with zero attached hydrogens (tertiary/aromatic N) is 2. The number of benzene rings is 2. The van der Waals surface area contributed by atoms with Crippen LogP contribution < -0.4 is 5.32 Å². The molecule has 0 aliphatic rings. The lowest BCUT2D eigenvalue weighted by molar-refractivity contribution is -0.113. The van der Waals surface area contributed by atoms with Crippen molar-refractivity contribution in [2.75, 3.05) is 11.1 Å². The fourth-order valence-electron chi connectivity index (χ4n) is 3.02. The second kappa shape index (κ2) is 8.76. The lowest BCUT2D eigenvalue weighted by Crippen LogP contribution is -2.14. The quantitative estimate of drug-likeness (QED) is 0.412. The van der Waals surface area contributed by atoms with Gasteiger partial charge in [0.1, 0.15) is 5.03 Å². The van der Waals surface area contributed by atoms with Gasteiger partial charge in [0.2, 0.25) is 5.91 Å². The number of aromatic nitrogens is 2. The first-order valence-electron chi connectivity index (χ1n) is 9.38. The molecule has 0 fully saturated rings. The fourth-order valence-corrected chi connectivity index (χ4v) is 4.68. The average Bonchev–Trinajstić information content (AvgIpc) is 3.04. The van der Waals surface area contributed by atoms with Crippen molar-refractivity contribution in [2.45, 2.75) is 25.3 Å². The summed E-state index contributed by atoms with van der Waals surface area (Å²) >= 11 is 2.98. The van der Waals surface area contributed by atoms with Gasteiger partial charge in [-0.1, -0.05) is 60.3 Å². The number of hydrogen-bond acceptors (Lipinski definition) is 5. The summed E-state index contributed by atoms with van der Waals surface area (Å²) in [6.07, 6.45) is 0.785. The van der Waals surface area contributed by atoms with E-state index in [1.165, 1.54) is 28.7 Å². The molecule has 0 saturated heterocycles. The zero-order valence-electron chi connectivity index (χ0n) is 16.3. The number of para-hydroxylation sites is 1. The normalized spacial score (nSPS) is 11.0. The van der Waals surface area contributed by atoms with Crippen molar-refractivity contribution in [3.05, 3.63) is 82.4 Å². The van der Waals surface area contributed by atoms with Crippen molar-refractivity contribution in [1.82, 2.24) is 9.97 Å². The summed E-state index contributed by atoms with van der Waals surface area (Å²) in [5.41, 5.74) is 4.26. The first-order chi connectivity index (χ1) is 14.1. The second-order valence-corrected chi connectivity index (χ2v) is 8.97. The van der Waals surface area contributed by atoms with Gasteiger partial charge in [-0.05, 0) is 37.1 Å². The highest BCUT2D eigenvalue weighted by Gasteiger charge is 2.13. The van der Waals surface area contributed by atoms with E-state index in [1.54, 1.807) is 0 Å². The van der Waals surface area contributed by atoms with Crippen molar-refractivity contribution in [3.8, 4) is 0 Å². The first-order valence-corrected chi connectivity index (χ1v) is 11.2. The molecule has 0 radical (unpaired) electrons. The van der Waals surface area contributed by atoms with Gasteiger partial charge in [0.25, 0.3) is 0 Å². The zero-order chi connectivity index (χ0) is 20.2. The van der Waals surface area contributed by atoms with Crippen LogP contribution in [0.2, 0.25) is 0 Å². The predicted octanol–water partition coefficient (Wildman–Crippen LogP) is 5.63. The highest BCUT2D eigenvalue weighted by atomic mass is 32.2. The summed E-state index contributed by atoms with van der Waals surface area (Å²) in [7, 11) is 0. The smallest absolute Gasteiger partial charge is 0.236 e. The number of carbonyl (C=O) groups excluding carboxylic acids is 1. The summed E-state index contributed by atoms with van der Waals surface area (Å²) < 4.78 is 0. The first kappa shape index (κ1) is 19.6. The van der Waals surface area contributed by atoms with Crippen LogP contribution in [0.25, 0.3) is 10.9 Å². The minimum absolute atomic E-state index is 0.0654. The molecule has 0 spiro atoms. The molecule has 2 heterocycles. The Hall–Kier alpha value is -2.70. The molecule has 0 saturated carbocycles. The summed E-state index contributed by atoms with van der Waals surface area (Å²) in [6.45, 7) is 3.96. The van der Waals surface area contributed by atoms with Crippen LogP contribution in [0, 0.1) is 13.8 Å². The van der Waals surface area contributed by atoms with E-state index in [0.29, 0.717) is 10.9 Å². The molecule has 1 amide bonds. The molecule has 0 unspecified atom stereocenters. The van der Waals surface area contributed by atoms with E-state index in [4.69, 9.17) is 4.98 Å². The number of rotatable bonds is 6. The minimum atomic E-state index is -0.0654. The van der Waals surface area contributed by atoms with E-state index >= 15 is 0 Å². The average molecular weight is 420 g/mol. The number of carbonyl (C=O) groups is 1. The number of anilines is 1. The maximum atomic E-state index is 12.4. The number of aryl methyl sites for hydroxylation is 2. The molecule has 0 aliphatic carbocycles. The van der Waals surface area contributed by atoms with Gasteiger partial charge in [-0.3, -0.25) is 4.79 Å². The van der Waals surface area contributed by atoms with Gasteiger partial charge in [0, 0.05) is 16.7 Å². The molecule has 0 aliphatic heterocycles. The molecule has 2 aromatic heterocycles. The Balaban J connectivity index is 1.54. The molecular formula is C23H21N3OS2. The van der Waals surface area contributed by atoms with Crippen LogP contribution >= 0.6 is 23.1 Å². The molecule has 0 bridgehead atoms. The van der Waals surface area contributed by atoms with E-state index in [9.17, 15) is 4.79 Å². The Morgan fingerprint density at radius 1 is 1.03 bits per heavy atom. The minimum Gasteiger partial charge on any atom is -0.301 e. The van der Waals surface area contributed by atoms with Crippen molar-refractivity contribution >= 4 is 45.0 Å². The Morgan fingerprint density at radius 3 is 2.55 bits per heavy atom. The van der Waals surface area contributed by atoms with Gasteiger partial charge >= 0.3 is 0 Å². The van der Waals surface area contributed by atoms with Crippen LogP contribution in [0.4, 0.5) is 5.13 Å². The monoisotopic (exact) mass is 419 g/mol. The summed E-state index contributed by atoms with van der Waals surface area (Å²) in [6, 6.07) is 20.6. The largest absolute Gasteiger partial charge is 0.301 e. The Labute approximate surface area is 178 Å². The standard InChI is InChI=1S/C23H21N3OS2/c1-15-16(2)29-23(24-15)26-21(27)14-28-22-19(12-17-8-4-3-5-9-17)13-18-10-6-7-11-20(18)25-22/h3-11,13H,12,14H2,1-2H3,(H,24,26,27). The molecule has 29 heavy (non-hydrogen) atoms. The van der Waals surface area contributed by atoms with Gasteiger partial charge in [-0.15, -0.1) is 11.3 Å². The highest BCUT2D eigenvalue weighted by molar-refractivity contribution is 8.00. The van der Waals surface area contributed by atoms with Crippen LogP contribution in [0.15, 0.2) is 65.7 Å². The van der Waals surface area contributed by atoms with Gasteiger partial charge in [-0.25, -0.2) is 9.97 Å². The SMILES string of the molecule is Cc1nc(NC(=O)CSc2nc3ccccc3cc2Cc2ccccc2)sc1C. The molecule has 146 valence electrons. The molecular weight excluding hydrogens is 398 g/mol. The third-order valence-electron chi connectivity index (χ3n) is 4.62. The number of amides is 1. The van der Waals surface area contributed by atoms with Crippen molar-refractivity contribution < 1.29 is 4.79 Å². The third kappa shape index (κ3) is 4.83. The van der Waals surface area contributed by atoms with Crippen LogP contribution in [-0.4, -0.2) is 21.6 Å². The van der Waals surface area contributed by atoms with Gasteiger partial charge in [0.05, 0.1) is 17.0 Å². The van der Waals surface area contributed by atoms with Crippen LogP contribution in [0.5, 0.6) is 0 Å². The molecule has 4 rings (SSSR count). The summed E-state index contributed by atoms with van der Waals surface area (Å²) in [4.78, 5) is 22.8. The molecule has 6 heteroatoms. The van der Waals surface area contributed by atoms with Crippen LogP contribution in [0.3, 0.4) is 0 Å². The molecule has 2 aromatic carbocycles. The van der Waals surface area contributed by atoms with Gasteiger partial charge < -0.3 is 5.32 Å². The number of nitrogens with one attached hydrogen (secondary N) is 1. The second-order valence-electron chi connectivity index (χ2n) is 6.81. The fraction of sp³-hybridized carbons (Fsp3) is 0.174. The van der Waals surface area contributed by atoms with Crippen LogP contribution in [-0.2, 0) is 11.2 Å². The van der Waals surface area contributed by atoms with E-state index in [-0.39, 0.29) is 5.91 Å². The number of pyridine rings is 1.